The first-order chi connectivity index (χ1) is 6.34. The number of rotatable bonds is 5. The summed E-state index contributed by atoms with van der Waals surface area (Å²) in [4.78, 5) is 3.92. The summed E-state index contributed by atoms with van der Waals surface area (Å²) in [5.74, 6) is 0. The van der Waals surface area contributed by atoms with E-state index in [1.165, 1.54) is 0 Å². The minimum Gasteiger partial charge on any atom is -0.396 e. The first kappa shape index (κ1) is 10.2. The molecular weight excluding hydrogens is 166 g/mol. The van der Waals surface area contributed by atoms with Crippen LogP contribution in [-0.4, -0.2) is 21.8 Å². The van der Waals surface area contributed by atoms with E-state index in [-0.39, 0.29) is 6.61 Å². The summed E-state index contributed by atoms with van der Waals surface area (Å²) in [5.41, 5.74) is 0.848. The van der Waals surface area contributed by atoms with E-state index in [1.807, 2.05) is 12.1 Å². The van der Waals surface area contributed by atoms with Crippen molar-refractivity contribution >= 4 is 0 Å². The van der Waals surface area contributed by atoms with Gasteiger partial charge in [-0.1, -0.05) is 6.07 Å². The second-order valence-electron chi connectivity index (χ2n) is 3.02. The van der Waals surface area contributed by atoms with Gasteiger partial charge in [0.05, 0.1) is 6.10 Å². The van der Waals surface area contributed by atoms with Crippen LogP contribution in [0.15, 0.2) is 24.5 Å². The summed E-state index contributed by atoms with van der Waals surface area (Å²) in [7, 11) is 0. The number of aromatic nitrogens is 1. The molecule has 1 heterocycles. The quantitative estimate of drug-likeness (QED) is 0.673. The van der Waals surface area contributed by atoms with E-state index < -0.39 is 6.10 Å². The van der Waals surface area contributed by atoms with Gasteiger partial charge in [0.25, 0.3) is 0 Å². The Morgan fingerprint density at radius 2 is 2.23 bits per heavy atom. The van der Waals surface area contributed by atoms with Gasteiger partial charge < -0.3 is 10.2 Å². The van der Waals surface area contributed by atoms with Crippen molar-refractivity contribution in [2.45, 2.75) is 25.4 Å². The van der Waals surface area contributed by atoms with Crippen LogP contribution >= 0.6 is 0 Å². The van der Waals surface area contributed by atoms with E-state index in [2.05, 4.69) is 4.98 Å². The van der Waals surface area contributed by atoms with Crippen LogP contribution in [0.3, 0.4) is 0 Å². The molecule has 0 saturated carbocycles. The Morgan fingerprint density at radius 3 is 2.85 bits per heavy atom. The molecule has 3 nitrogen and oxygen atoms in total. The van der Waals surface area contributed by atoms with Gasteiger partial charge in [-0.25, -0.2) is 0 Å². The van der Waals surface area contributed by atoms with Crippen molar-refractivity contribution in [3.63, 3.8) is 0 Å². The topological polar surface area (TPSA) is 53.4 Å². The van der Waals surface area contributed by atoms with Crippen molar-refractivity contribution in [2.75, 3.05) is 6.61 Å². The zero-order valence-electron chi connectivity index (χ0n) is 7.56. The maximum atomic E-state index is 9.63. The molecule has 3 heteroatoms. The number of hydrogen-bond donors (Lipinski definition) is 2. The van der Waals surface area contributed by atoms with Gasteiger partial charge in [-0.3, -0.25) is 4.98 Å². The highest BCUT2D eigenvalue weighted by atomic mass is 16.3. The number of nitrogens with zero attached hydrogens (tertiary/aromatic N) is 1. The molecule has 72 valence electrons. The molecule has 1 aromatic heterocycles. The Balaban J connectivity index is 2.35. The van der Waals surface area contributed by atoms with Gasteiger partial charge in [0, 0.05) is 19.0 Å². The predicted octanol–water partition coefficient (Wildman–Crippen LogP) is 1.28. The summed E-state index contributed by atoms with van der Waals surface area (Å²) in [5, 5.41) is 18.2. The van der Waals surface area contributed by atoms with Gasteiger partial charge in [0.1, 0.15) is 0 Å². The van der Waals surface area contributed by atoms with Crippen molar-refractivity contribution < 1.29 is 10.2 Å². The van der Waals surface area contributed by atoms with Crippen LogP contribution in [0.5, 0.6) is 0 Å². The van der Waals surface area contributed by atoms with E-state index >= 15 is 0 Å². The average Bonchev–Trinajstić information content (AvgIpc) is 2.19. The molecule has 1 aromatic rings. The molecule has 13 heavy (non-hydrogen) atoms. The average molecular weight is 181 g/mol. The molecule has 1 unspecified atom stereocenters. The molecule has 0 aliphatic heterocycles. The van der Waals surface area contributed by atoms with Gasteiger partial charge in [0.15, 0.2) is 0 Å². The number of pyridine rings is 1. The molecule has 1 rings (SSSR count). The predicted molar refractivity (Wildman–Crippen MR) is 50.1 cm³/mol. The second kappa shape index (κ2) is 5.67. The lowest BCUT2D eigenvalue weighted by molar-refractivity contribution is 0.159. The van der Waals surface area contributed by atoms with Crippen LogP contribution in [0.2, 0.25) is 0 Å². The van der Waals surface area contributed by atoms with Crippen molar-refractivity contribution in [3.05, 3.63) is 30.1 Å². The third-order valence-corrected chi connectivity index (χ3v) is 1.95. The summed E-state index contributed by atoms with van der Waals surface area (Å²) in [6.45, 7) is 0.194. The van der Waals surface area contributed by atoms with Crippen LogP contribution in [0.1, 0.15) is 30.9 Å². The number of aliphatic hydroxyl groups excluding tert-OH is 2. The van der Waals surface area contributed by atoms with Crippen molar-refractivity contribution in [1.82, 2.24) is 4.98 Å². The molecular formula is C10H15NO2. The lowest BCUT2D eigenvalue weighted by Gasteiger charge is -2.08. The first-order valence-corrected chi connectivity index (χ1v) is 4.53. The van der Waals surface area contributed by atoms with E-state index in [9.17, 15) is 5.11 Å². The molecule has 2 N–H and O–H groups in total. The van der Waals surface area contributed by atoms with Gasteiger partial charge in [-0.15, -0.1) is 0 Å². The number of unbranched alkanes of at least 4 members (excludes halogenated alkanes) is 1. The minimum atomic E-state index is -0.444. The monoisotopic (exact) mass is 181 g/mol. The van der Waals surface area contributed by atoms with Crippen molar-refractivity contribution in [2.24, 2.45) is 0 Å². The standard InChI is InChI=1S/C10H15NO2/c12-7-2-1-5-10(13)9-4-3-6-11-8-9/h3-4,6,8,10,12-13H,1-2,5,7H2. The zero-order valence-corrected chi connectivity index (χ0v) is 7.56. The summed E-state index contributed by atoms with van der Waals surface area (Å²) >= 11 is 0. The van der Waals surface area contributed by atoms with Crippen molar-refractivity contribution in [1.29, 1.82) is 0 Å². The van der Waals surface area contributed by atoms with Crippen LogP contribution in [0.4, 0.5) is 0 Å². The molecule has 0 amide bonds. The molecule has 0 fully saturated rings. The van der Waals surface area contributed by atoms with Crippen LogP contribution in [-0.2, 0) is 0 Å². The third kappa shape index (κ3) is 3.53. The Bertz CT molecular complexity index is 226. The zero-order chi connectivity index (χ0) is 9.52. The fourth-order valence-electron chi connectivity index (χ4n) is 1.19. The summed E-state index contributed by atoms with van der Waals surface area (Å²) in [6, 6.07) is 3.67. The molecule has 0 aromatic carbocycles. The number of aliphatic hydroxyl groups is 2. The Hall–Kier alpha value is -0.930. The molecule has 0 radical (unpaired) electrons. The van der Waals surface area contributed by atoms with Gasteiger partial charge in [0.2, 0.25) is 0 Å². The fraction of sp³-hybridized carbons (Fsp3) is 0.500. The fourth-order valence-corrected chi connectivity index (χ4v) is 1.19. The highest BCUT2D eigenvalue weighted by molar-refractivity contribution is 5.11. The SMILES string of the molecule is OCCCCC(O)c1cccnc1. The van der Waals surface area contributed by atoms with Crippen LogP contribution in [0.25, 0.3) is 0 Å². The highest BCUT2D eigenvalue weighted by Crippen LogP contribution is 2.17. The second-order valence-corrected chi connectivity index (χ2v) is 3.02. The molecule has 1 atom stereocenters. The maximum Gasteiger partial charge on any atom is 0.0804 e. The van der Waals surface area contributed by atoms with E-state index in [0.29, 0.717) is 6.42 Å². The third-order valence-electron chi connectivity index (χ3n) is 1.95. The molecule has 0 aliphatic carbocycles. The smallest absolute Gasteiger partial charge is 0.0804 e. The lowest BCUT2D eigenvalue weighted by atomic mass is 10.1. The molecule has 0 bridgehead atoms. The Morgan fingerprint density at radius 1 is 1.38 bits per heavy atom. The Labute approximate surface area is 78.1 Å². The normalized spacial score (nSPS) is 12.8. The summed E-state index contributed by atoms with van der Waals surface area (Å²) in [6.07, 6.45) is 5.18. The molecule has 0 saturated heterocycles. The molecule has 0 aliphatic rings. The van der Waals surface area contributed by atoms with E-state index in [1.54, 1.807) is 12.4 Å². The maximum absolute atomic E-state index is 9.63. The minimum absolute atomic E-state index is 0.194. The number of hydrogen-bond acceptors (Lipinski definition) is 3. The van der Waals surface area contributed by atoms with Crippen LogP contribution in [0, 0.1) is 0 Å². The van der Waals surface area contributed by atoms with Gasteiger partial charge in [-0.2, -0.15) is 0 Å². The lowest BCUT2D eigenvalue weighted by Crippen LogP contribution is -1.98. The highest BCUT2D eigenvalue weighted by Gasteiger charge is 2.05. The van der Waals surface area contributed by atoms with E-state index in [0.717, 1.165) is 18.4 Å². The molecule has 0 spiro atoms. The largest absolute Gasteiger partial charge is 0.396 e. The van der Waals surface area contributed by atoms with Gasteiger partial charge >= 0.3 is 0 Å². The van der Waals surface area contributed by atoms with Gasteiger partial charge in [-0.05, 0) is 30.9 Å². The summed E-state index contributed by atoms with van der Waals surface area (Å²) < 4.78 is 0. The van der Waals surface area contributed by atoms with Crippen molar-refractivity contribution in [3.8, 4) is 0 Å². The Kier molecular flexibility index (Phi) is 4.43. The van der Waals surface area contributed by atoms with E-state index in [4.69, 9.17) is 5.11 Å². The van der Waals surface area contributed by atoms with Crippen LogP contribution < -0.4 is 0 Å². The first-order valence-electron chi connectivity index (χ1n) is 4.53.